The van der Waals surface area contributed by atoms with Crippen molar-refractivity contribution < 1.29 is 13.3 Å². The van der Waals surface area contributed by atoms with E-state index in [1.165, 1.54) is 21.5 Å². The number of aromatic nitrogens is 3. The fourth-order valence-electron chi connectivity index (χ4n) is 10.3. The molecular weight excluding hydrogens is 851 g/mol. The van der Waals surface area contributed by atoms with Crippen LogP contribution in [0.4, 0.5) is 34.5 Å². The maximum atomic E-state index is 6.68. The molecule has 322 valence electrons. The summed E-state index contributed by atoms with van der Waals surface area (Å²) >= 11 is 0. The van der Waals surface area contributed by atoms with Gasteiger partial charge in [-0.1, -0.05) is 97.1 Å². The lowest BCUT2D eigenvalue weighted by atomic mass is 10.0. The van der Waals surface area contributed by atoms with Crippen LogP contribution >= 0.6 is 0 Å². The molecule has 15 aromatic rings. The van der Waals surface area contributed by atoms with Gasteiger partial charge in [0.2, 0.25) is 17.4 Å². The molecule has 0 aliphatic carbocycles. The zero-order valence-electron chi connectivity index (χ0n) is 36.7. The number of para-hydroxylation sites is 2. The fraction of sp³-hybridized carbons (Fsp3) is 0. The molecule has 0 amide bonds. The van der Waals surface area contributed by atoms with Crippen LogP contribution < -0.4 is 9.80 Å². The number of anilines is 6. The van der Waals surface area contributed by atoms with E-state index >= 15 is 0 Å². The molecule has 69 heavy (non-hydrogen) atoms. The fourth-order valence-corrected chi connectivity index (χ4v) is 10.3. The molecular formula is C61H35N5O3. The van der Waals surface area contributed by atoms with E-state index in [2.05, 4.69) is 174 Å². The molecule has 0 N–H and O–H groups in total. The Morgan fingerprint density at radius 3 is 1.32 bits per heavy atom. The molecule has 5 heterocycles. The lowest BCUT2D eigenvalue weighted by Crippen LogP contribution is -2.13. The van der Waals surface area contributed by atoms with Crippen LogP contribution in [-0.2, 0) is 0 Å². The third kappa shape index (κ3) is 5.99. The van der Waals surface area contributed by atoms with Gasteiger partial charge in [0.1, 0.15) is 28.1 Å². The Morgan fingerprint density at radius 1 is 0.290 bits per heavy atom. The van der Waals surface area contributed by atoms with Gasteiger partial charge in [-0.15, -0.1) is 0 Å². The number of benzene rings is 10. The molecule has 0 unspecified atom stereocenters. The quantitative estimate of drug-likeness (QED) is 0.153. The zero-order valence-corrected chi connectivity index (χ0v) is 36.7. The number of fused-ring (bicyclic) bond motifs is 13. The van der Waals surface area contributed by atoms with E-state index in [1.54, 1.807) is 0 Å². The molecule has 0 radical (unpaired) electrons. The van der Waals surface area contributed by atoms with Gasteiger partial charge in [0.05, 0.1) is 22.1 Å². The highest BCUT2D eigenvalue weighted by Crippen LogP contribution is 2.43. The number of nitrogens with zero attached hydrogens (tertiary/aromatic N) is 5. The van der Waals surface area contributed by atoms with Crippen molar-refractivity contribution >= 4 is 144 Å². The van der Waals surface area contributed by atoms with Crippen molar-refractivity contribution in [3.8, 4) is 0 Å². The van der Waals surface area contributed by atoms with Gasteiger partial charge < -0.3 is 13.3 Å². The van der Waals surface area contributed by atoms with Gasteiger partial charge in [0.15, 0.2) is 0 Å². The topological polar surface area (TPSA) is 84.6 Å². The standard InChI is InChI=1S/C61H35N5O3/c1-3-11-38-29-42-31-44(19-17-40(42)27-36(38)9-1)65(46-21-23-50-48-13-5-7-15-54(48)67-56(50)33-46)58-26-25-52-53-35-62-61(64-60(53)69-59(52)63-58)66(47-22-24-51-49-14-6-8-16-55(49)68-57(51)34-47)45-20-18-41-28-37-10-2-4-12-39(37)30-43(41)32-45/h1-35H. The molecule has 5 aromatic heterocycles. The average Bonchev–Trinajstić information content (AvgIpc) is 4.08. The second-order valence-corrected chi connectivity index (χ2v) is 17.7. The third-order valence-corrected chi connectivity index (χ3v) is 13.6. The largest absolute Gasteiger partial charge is 0.456 e. The van der Waals surface area contributed by atoms with Crippen LogP contribution in [-0.4, -0.2) is 15.0 Å². The van der Waals surface area contributed by atoms with Gasteiger partial charge in [0.25, 0.3) is 0 Å². The Bertz CT molecular complexity index is 4320. The highest BCUT2D eigenvalue weighted by atomic mass is 16.4. The monoisotopic (exact) mass is 885 g/mol. The SMILES string of the molecule is c1ccc2cc3cc(N(c4ccc5c(c4)oc4ccccc45)c4ccc5c(n4)oc4nc(N(c6ccc7cc8ccccc8cc7c6)c6ccc7c(c6)oc6ccccc67)ncc45)ccc3cc2c1. The van der Waals surface area contributed by atoms with E-state index in [4.69, 9.17) is 28.2 Å². The summed E-state index contributed by atoms with van der Waals surface area (Å²) in [6.07, 6.45) is 1.84. The predicted octanol–water partition coefficient (Wildman–Crippen LogP) is 17.1. The first kappa shape index (κ1) is 37.7. The van der Waals surface area contributed by atoms with Gasteiger partial charge in [-0.2, -0.15) is 9.97 Å². The highest BCUT2D eigenvalue weighted by Gasteiger charge is 2.23. The van der Waals surface area contributed by atoms with Crippen molar-refractivity contribution in [3.05, 3.63) is 212 Å². The number of furan rings is 3. The van der Waals surface area contributed by atoms with Gasteiger partial charge in [-0.3, -0.25) is 9.80 Å². The van der Waals surface area contributed by atoms with E-state index < -0.39 is 0 Å². The summed E-state index contributed by atoms with van der Waals surface area (Å²) in [6, 6.07) is 71.9. The second-order valence-electron chi connectivity index (χ2n) is 17.7. The van der Waals surface area contributed by atoms with Crippen molar-refractivity contribution in [1.29, 1.82) is 0 Å². The summed E-state index contributed by atoms with van der Waals surface area (Å²) in [4.78, 5) is 19.7. The lowest BCUT2D eigenvalue weighted by molar-refractivity contribution is 0.639. The smallest absolute Gasteiger partial charge is 0.237 e. The van der Waals surface area contributed by atoms with Crippen molar-refractivity contribution in [2.75, 3.05) is 9.80 Å². The van der Waals surface area contributed by atoms with Crippen LogP contribution in [0, 0.1) is 0 Å². The zero-order chi connectivity index (χ0) is 45.2. The molecule has 8 nitrogen and oxygen atoms in total. The minimum atomic E-state index is 0.425. The van der Waals surface area contributed by atoms with Crippen LogP contribution in [0.5, 0.6) is 0 Å². The van der Waals surface area contributed by atoms with Crippen molar-refractivity contribution in [3.63, 3.8) is 0 Å². The summed E-state index contributed by atoms with van der Waals surface area (Å²) < 4.78 is 19.5. The van der Waals surface area contributed by atoms with E-state index in [9.17, 15) is 0 Å². The summed E-state index contributed by atoms with van der Waals surface area (Å²) in [5.74, 6) is 1.12. The number of hydrogen-bond donors (Lipinski definition) is 0. The molecule has 0 aliphatic heterocycles. The van der Waals surface area contributed by atoms with E-state index in [0.717, 1.165) is 98.9 Å². The Labute approximate surface area is 392 Å². The van der Waals surface area contributed by atoms with Crippen molar-refractivity contribution in [2.24, 2.45) is 0 Å². The molecule has 0 fully saturated rings. The van der Waals surface area contributed by atoms with Gasteiger partial charge in [-0.25, -0.2) is 4.98 Å². The van der Waals surface area contributed by atoms with Gasteiger partial charge in [0, 0.05) is 51.2 Å². The molecule has 0 aliphatic rings. The van der Waals surface area contributed by atoms with Crippen LogP contribution in [0.25, 0.3) is 109 Å². The van der Waals surface area contributed by atoms with E-state index in [-0.39, 0.29) is 0 Å². The van der Waals surface area contributed by atoms with Crippen molar-refractivity contribution in [1.82, 2.24) is 15.0 Å². The minimum absolute atomic E-state index is 0.425. The molecule has 0 saturated carbocycles. The van der Waals surface area contributed by atoms with Crippen LogP contribution in [0.2, 0.25) is 0 Å². The molecule has 15 rings (SSSR count). The van der Waals surface area contributed by atoms with E-state index in [0.29, 0.717) is 23.2 Å². The summed E-state index contributed by atoms with van der Waals surface area (Å²) in [5, 5.41) is 15.1. The first-order valence-electron chi connectivity index (χ1n) is 23.0. The average molecular weight is 886 g/mol. The molecule has 10 aromatic carbocycles. The number of rotatable bonds is 6. The Hall–Kier alpha value is -9.53. The normalized spacial score (nSPS) is 12.1. The number of pyridine rings is 1. The third-order valence-electron chi connectivity index (χ3n) is 13.6. The maximum absolute atomic E-state index is 6.68. The minimum Gasteiger partial charge on any atom is -0.456 e. The Morgan fingerprint density at radius 2 is 0.725 bits per heavy atom. The van der Waals surface area contributed by atoms with Gasteiger partial charge in [-0.05, 0) is 140 Å². The summed E-state index contributed by atoms with van der Waals surface area (Å²) in [5.41, 5.74) is 7.70. The lowest BCUT2D eigenvalue weighted by Gasteiger charge is -2.24. The predicted molar refractivity (Wildman–Crippen MR) is 281 cm³/mol. The van der Waals surface area contributed by atoms with E-state index in [1.807, 2.05) is 48.7 Å². The molecule has 0 bridgehead atoms. The summed E-state index contributed by atoms with van der Waals surface area (Å²) in [6.45, 7) is 0. The molecule has 8 heteroatoms. The summed E-state index contributed by atoms with van der Waals surface area (Å²) in [7, 11) is 0. The first-order valence-corrected chi connectivity index (χ1v) is 23.0. The first-order chi connectivity index (χ1) is 34.1. The Balaban J connectivity index is 0.887. The van der Waals surface area contributed by atoms with Gasteiger partial charge >= 0.3 is 0 Å². The van der Waals surface area contributed by atoms with Crippen LogP contribution in [0.15, 0.2) is 226 Å². The number of hydrogen-bond acceptors (Lipinski definition) is 8. The second kappa shape index (κ2) is 14.5. The molecule has 0 spiro atoms. The maximum Gasteiger partial charge on any atom is 0.237 e. The van der Waals surface area contributed by atoms with Crippen LogP contribution in [0.3, 0.4) is 0 Å². The van der Waals surface area contributed by atoms with Crippen LogP contribution in [0.1, 0.15) is 0 Å². The molecule has 0 saturated heterocycles. The highest BCUT2D eigenvalue weighted by molar-refractivity contribution is 6.09. The van der Waals surface area contributed by atoms with Crippen molar-refractivity contribution in [2.45, 2.75) is 0 Å². The molecule has 0 atom stereocenters. The Kier molecular flexibility index (Phi) is 7.91.